The first-order chi connectivity index (χ1) is 16.0. The number of rotatable bonds is 8. The average Bonchev–Trinajstić information content (AvgIpc) is 3.69. The summed E-state index contributed by atoms with van der Waals surface area (Å²) >= 11 is 0. The Morgan fingerprint density at radius 1 is 1.00 bits per heavy atom. The highest BCUT2D eigenvalue weighted by Gasteiger charge is 2.30. The molecule has 0 saturated heterocycles. The highest BCUT2D eigenvalue weighted by atomic mass is 16.5. The van der Waals surface area contributed by atoms with Crippen LogP contribution in [0.25, 0.3) is 11.3 Å². The Hall–Kier alpha value is -4.21. The summed E-state index contributed by atoms with van der Waals surface area (Å²) < 4.78 is 10.8. The summed E-state index contributed by atoms with van der Waals surface area (Å²) in [6, 6.07) is 7.14. The third-order valence-corrected chi connectivity index (χ3v) is 5.18. The largest absolute Gasteiger partial charge is 0.494 e. The van der Waals surface area contributed by atoms with E-state index in [1.54, 1.807) is 26.4 Å². The summed E-state index contributed by atoms with van der Waals surface area (Å²) in [4.78, 5) is 37.4. The Morgan fingerprint density at radius 2 is 1.82 bits per heavy atom. The third-order valence-electron chi connectivity index (χ3n) is 5.18. The molecule has 0 bridgehead atoms. The average molecular weight is 448 g/mol. The fraction of sp³-hybridized carbons (Fsp3) is 0.261. The van der Waals surface area contributed by atoms with Crippen molar-refractivity contribution in [2.24, 2.45) is 5.92 Å². The van der Waals surface area contributed by atoms with Gasteiger partial charge >= 0.3 is 0 Å². The molecule has 0 spiro atoms. The van der Waals surface area contributed by atoms with E-state index in [-0.39, 0.29) is 17.7 Å². The number of carbonyl (C=O) groups is 2. The minimum atomic E-state index is -0.318. The van der Waals surface area contributed by atoms with Gasteiger partial charge in [0.2, 0.25) is 11.8 Å². The smallest absolute Gasteiger partial charge is 0.254 e. The van der Waals surface area contributed by atoms with Crippen LogP contribution in [0.4, 0.5) is 17.2 Å². The number of pyridine rings is 1. The minimum absolute atomic E-state index is 0.0317. The maximum absolute atomic E-state index is 12.4. The van der Waals surface area contributed by atoms with Crippen LogP contribution >= 0.6 is 0 Å². The van der Waals surface area contributed by atoms with Crippen LogP contribution < -0.4 is 25.4 Å². The molecule has 2 aromatic heterocycles. The first-order valence-electron chi connectivity index (χ1n) is 10.4. The van der Waals surface area contributed by atoms with Gasteiger partial charge < -0.3 is 25.4 Å². The standard InChI is InChI=1S/C23H24N6O4/c1-24-23(31)15-10-26-19(29-22(30)13-7-8-13)9-17(15)28-16-6-4-5-14(21(16)33-3)18-11-27-20(32-2)12-25-18/h4-6,9-13H,7-8H2,1-3H3,(H,24,31)(H2,26,28,29,30). The molecule has 10 heteroatoms. The van der Waals surface area contributed by atoms with Gasteiger partial charge in [0.15, 0.2) is 5.75 Å². The van der Waals surface area contributed by atoms with E-state index >= 15 is 0 Å². The molecule has 10 nitrogen and oxygen atoms in total. The molecule has 2 heterocycles. The Kier molecular flexibility index (Phi) is 6.34. The van der Waals surface area contributed by atoms with Gasteiger partial charge in [-0.1, -0.05) is 6.07 Å². The summed E-state index contributed by atoms with van der Waals surface area (Å²) in [5.41, 5.74) is 2.68. The number of aromatic nitrogens is 3. The summed E-state index contributed by atoms with van der Waals surface area (Å²) in [7, 11) is 4.61. The molecular formula is C23H24N6O4. The molecule has 1 fully saturated rings. The van der Waals surface area contributed by atoms with Crippen molar-refractivity contribution in [1.29, 1.82) is 0 Å². The topological polar surface area (TPSA) is 127 Å². The van der Waals surface area contributed by atoms with Crippen molar-refractivity contribution < 1.29 is 19.1 Å². The molecule has 1 aliphatic carbocycles. The number of para-hydroxylation sites is 1. The second kappa shape index (κ2) is 9.51. The molecule has 0 atom stereocenters. The number of hydrogen-bond donors (Lipinski definition) is 3. The van der Waals surface area contributed by atoms with Crippen LogP contribution in [0.15, 0.2) is 42.9 Å². The summed E-state index contributed by atoms with van der Waals surface area (Å²) in [6.07, 6.45) is 6.30. The van der Waals surface area contributed by atoms with Crippen molar-refractivity contribution in [2.75, 3.05) is 31.9 Å². The second-order valence-electron chi connectivity index (χ2n) is 7.41. The lowest BCUT2D eigenvalue weighted by atomic mass is 10.1. The van der Waals surface area contributed by atoms with Crippen molar-refractivity contribution in [2.45, 2.75) is 12.8 Å². The number of anilines is 3. The molecule has 1 aliphatic rings. The minimum Gasteiger partial charge on any atom is -0.494 e. The number of amides is 2. The van der Waals surface area contributed by atoms with E-state index < -0.39 is 0 Å². The number of nitrogens with zero attached hydrogens (tertiary/aromatic N) is 3. The lowest BCUT2D eigenvalue weighted by Gasteiger charge is -2.17. The Bertz CT molecular complexity index is 1180. The van der Waals surface area contributed by atoms with Crippen LogP contribution in [0.1, 0.15) is 23.2 Å². The van der Waals surface area contributed by atoms with E-state index in [0.29, 0.717) is 45.6 Å². The lowest BCUT2D eigenvalue weighted by molar-refractivity contribution is -0.117. The molecule has 1 aromatic carbocycles. The molecule has 3 aromatic rings. The van der Waals surface area contributed by atoms with Crippen LogP contribution in [-0.2, 0) is 4.79 Å². The predicted molar refractivity (Wildman–Crippen MR) is 123 cm³/mol. The van der Waals surface area contributed by atoms with Crippen molar-refractivity contribution >= 4 is 29.0 Å². The number of carbonyl (C=O) groups excluding carboxylic acids is 2. The van der Waals surface area contributed by atoms with E-state index in [9.17, 15) is 9.59 Å². The highest BCUT2D eigenvalue weighted by Crippen LogP contribution is 2.38. The number of methoxy groups -OCH3 is 2. The zero-order valence-corrected chi connectivity index (χ0v) is 18.5. The van der Waals surface area contributed by atoms with Crippen molar-refractivity contribution in [3.05, 3.63) is 48.4 Å². The molecule has 1 saturated carbocycles. The third kappa shape index (κ3) is 4.84. The molecule has 0 aliphatic heterocycles. The molecule has 4 rings (SSSR count). The van der Waals surface area contributed by atoms with Gasteiger partial charge in [-0.25, -0.2) is 15.0 Å². The summed E-state index contributed by atoms with van der Waals surface area (Å²) in [5, 5.41) is 8.66. The fourth-order valence-electron chi connectivity index (χ4n) is 3.28. The van der Waals surface area contributed by atoms with Crippen molar-refractivity contribution in [3.63, 3.8) is 0 Å². The van der Waals surface area contributed by atoms with Gasteiger partial charge in [0.05, 0.1) is 49.2 Å². The number of nitrogens with one attached hydrogen (secondary N) is 3. The SMILES string of the molecule is CNC(=O)c1cnc(NC(=O)C2CC2)cc1Nc1cccc(-c2cnc(OC)cn2)c1OC. The normalized spacial score (nSPS) is 12.6. The zero-order valence-electron chi connectivity index (χ0n) is 18.5. The summed E-state index contributed by atoms with van der Waals surface area (Å²) in [6.45, 7) is 0. The monoisotopic (exact) mass is 448 g/mol. The van der Waals surface area contributed by atoms with Crippen LogP contribution in [-0.4, -0.2) is 48.0 Å². The molecule has 170 valence electrons. The highest BCUT2D eigenvalue weighted by molar-refractivity contribution is 6.01. The maximum Gasteiger partial charge on any atom is 0.254 e. The Morgan fingerprint density at radius 3 is 2.45 bits per heavy atom. The van der Waals surface area contributed by atoms with Gasteiger partial charge in [0.25, 0.3) is 5.91 Å². The number of ether oxygens (including phenoxy) is 2. The van der Waals surface area contributed by atoms with Gasteiger partial charge in [-0.15, -0.1) is 0 Å². The maximum atomic E-state index is 12.4. The first kappa shape index (κ1) is 22.0. The van der Waals surface area contributed by atoms with E-state index in [2.05, 4.69) is 30.9 Å². The van der Waals surface area contributed by atoms with Gasteiger partial charge in [0, 0.05) is 30.8 Å². The zero-order chi connectivity index (χ0) is 23.4. The predicted octanol–water partition coefficient (Wildman–Crippen LogP) is 3.01. The number of benzene rings is 1. The molecule has 0 unspecified atom stereocenters. The van der Waals surface area contributed by atoms with Crippen molar-refractivity contribution in [1.82, 2.24) is 20.3 Å². The first-order valence-corrected chi connectivity index (χ1v) is 10.4. The van der Waals surface area contributed by atoms with Crippen LogP contribution in [0.5, 0.6) is 11.6 Å². The van der Waals surface area contributed by atoms with Crippen LogP contribution in [0.3, 0.4) is 0 Å². The Balaban J connectivity index is 1.70. The van der Waals surface area contributed by atoms with E-state index in [0.717, 1.165) is 12.8 Å². The van der Waals surface area contributed by atoms with Crippen LogP contribution in [0.2, 0.25) is 0 Å². The lowest BCUT2D eigenvalue weighted by Crippen LogP contribution is -2.20. The van der Waals surface area contributed by atoms with Gasteiger partial charge in [-0.2, -0.15) is 0 Å². The van der Waals surface area contributed by atoms with Gasteiger partial charge in [0.1, 0.15) is 5.82 Å². The molecule has 33 heavy (non-hydrogen) atoms. The van der Waals surface area contributed by atoms with Gasteiger partial charge in [-0.3, -0.25) is 9.59 Å². The van der Waals surface area contributed by atoms with Crippen LogP contribution in [0, 0.1) is 5.92 Å². The van der Waals surface area contributed by atoms with E-state index in [1.165, 1.54) is 19.5 Å². The van der Waals surface area contributed by atoms with Gasteiger partial charge in [-0.05, 0) is 25.0 Å². The number of hydrogen-bond acceptors (Lipinski definition) is 8. The molecule has 3 N–H and O–H groups in total. The van der Waals surface area contributed by atoms with Crippen molar-refractivity contribution in [3.8, 4) is 22.9 Å². The van der Waals surface area contributed by atoms with E-state index in [1.807, 2.05) is 18.2 Å². The summed E-state index contributed by atoms with van der Waals surface area (Å²) in [5.74, 6) is 0.919. The quantitative estimate of drug-likeness (QED) is 0.480. The molecule has 2 amide bonds. The molecular weight excluding hydrogens is 424 g/mol. The van der Waals surface area contributed by atoms with E-state index in [4.69, 9.17) is 9.47 Å². The molecule has 0 radical (unpaired) electrons. The second-order valence-corrected chi connectivity index (χ2v) is 7.41. The fourth-order valence-corrected chi connectivity index (χ4v) is 3.28. The Labute approximate surface area is 190 Å².